The Labute approximate surface area is 128 Å². The highest BCUT2D eigenvalue weighted by Gasteiger charge is 2.16. The van der Waals surface area contributed by atoms with E-state index in [2.05, 4.69) is 20.2 Å². The molecule has 2 heterocycles. The lowest BCUT2D eigenvalue weighted by Gasteiger charge is -2.05. The van der Waals surface area contributed by atoms with Gasteiger partial charge in [-0.3, -0.25) is 0 Å². The molecule has 8 heteroatoms. The second-order valence-electron chi connectivity index (χ2n) is 4.85. The van der Waals surface area contributed by atoms with Gasteiger partial charge in [-0.1, -0.05) is 13.8 Å². The largest absolute Gasteiger partial charge is 0.310 e. The second kappa shape index (κ2) is 7.08. The van der Waals surface area contributed by atoms with Gasteiger partial charge in [0.05, 0.1) is 12.2 Å². The zero-order valence-corrected chi connectivity index (χ0v) is 13.5. The lowest BCUT2D eigenvalue weighted by molar-refractivity contribution is 0.581. The number of aromatic nitrogens is 2. The van der Waals surface area contributed by atoms with Crippen LogP contribution in [0.1, 0.15) is 25.1 Å². The van der Waals surface area contributed by atoms with Gasteiger partial charge in [0.15, 0.2) is 0 Å². The van der Waals surface area contributed by atoms with E-state index in [0.717, 1.165) is 5.56 Å². The number of hydrogen-bond acceptors (Lipinski definition) is 6. The molecule has 0 fully saturated rings. The first-order valence-corrected chi connectivity index (χ1v) is 8.90. The van der Waals surface area contributed by atoms with Crippen LogP contribution in [0.3, 0.4) is 0 Å². The molecule has 0 aliphatic rings. The van der Waals surface area contributed by atoms with Crippen LogP contribution in [0.15, 0.2) is 34.0 Å². The molecular weight excluding hydrogens is 308 g/mol. The summed E-state index contributed by atoms with van der Waals surface area (Å²) in [5.41, 5.74) is 1.55. The molecule has 2 N–H and O–H groups in total. The Kier molecular flexibility index (Phi) is 5.40. The Morgan fingerprint density at radius 2 is 2.14 bits per heavy atom. The fraction of sp³-hybridized carbons (Fsp3) is 0.385. The Bertz CT molecular complexity index is 668. The van der Waals surface area contributed by atoms with Crippen molar-refractivity contribution in [2.75, 3.05) is 0 Å². The number of nitrogens with zero attached hydrogens (tertiary/aromatic N) is 2. The Balaban J connectivity index is 1.99. The lowest BCUT2D eigenvalue weighted by Crippen LogP contribution is -2.23. The minimum atomic E-state index is -3.50. The predicted molar refractivity (Wildman–Crippen MR) is 82.4 cm³/mol. The second-order valence-corrected chi connectivity index (χ2v) is 7.75. The molecular formula is C13H18N4O2S2. The van der Waals surface area contributed by atoms with Gasteiger partial charge in [0.1, 0.15) is 4.21 Å². The van der Waals surface area contributed by atoms with Crippen LogP contribution in [0.5, 0.6) is 0 Å². The van der Waals surface area contributed by atoms with Gasteiger partial charge in [-0.2, -0.15) is 10.2 Å². The minimum Gasteiger partial charge on any atom is -0.310 e. The first kappa shape index (κ1) is 16.0. The van der Waals surface area contributed by atoms with E-state index in [1.807, 2.05) is 19.2 Å². The number of rotatable bonds is 7. The van der Waals surface area contributed by atoms with Crippen LogP contribution < -0.4 is 10.0 Å². The van der Waals surface area contributed by atoms with Crippen LogP contribution >= 0.6 is 11.3 Å². The highest BCUT2D eigenvalue weighted by Crippen LogP contribution is 2.20. The Hall–Kier alpha value is -1.35. The van der Waals surface area contributed by atoms with Crippen molar-refractivity contribution < 1.29 is 8.42 Å². The summed E-state index contributed by atoms with van der Waals surface area (Å²) in [5.74, 6) is 0. The van der Waals surface area contributed by atoms with Crippen molar-refractivity contribution in [2.45, 2.75) is 37.2 Å². The molecule has 2 aromatic heterocycles. The van der Waals surface area contributed by atoms with Gasteiger partial charge in [-0.05, 0) is 29.1 Å². The third kappa shape index (κ3) is 4.85. The van der Waals surface area contributed by atoms with Gasteiger partial charge >= 0.3 is 0 Å². The summed E-state index contributed by atoms with van der Waals surface area (Å²) in [4.78, 5) is 0. The van der Waals surface area contributed by atoms with E-state index in [4.69, 9.17) is 0 Å². The maximum absolute atomic E-state index is 12.2. The molecule has 0 radical (unpaired) electrons. The standard InChI is InChI=1S/C13H18N4O2S2/c1-10(2)14-7-11-6-13(20-9-11)21(18,19)16-8-12-4-3-5-15-17-12/h3-6,9-10,14,16H,7-8H2,1-2H3. The summed E-state index contributed by atoms with van der Waals surface area (Å²) in [7, 11) is -3.50. The summed E-state index contributed by atoms with van der Waals surface area (Å²) < 4.78 is 27.2. The zero-order chi connectivity index (χ0) is 15.3. The average molecular weight is 326 g/mol. The van der Waals surface area contributed by atoms with E-state index >= 15 is 0 Å². The molecule has 2 aromatic rings. The van der Waals surface area contributed by atoms with Gasteiger partial charge in [0.25, 0.3) is 0 Å². The molecule has 0 amide bonds. The van der Waals surface area contributed by atoms with Gasteiger partial charge < -0.3 is 5.32 Å². The van der Waals surface area contributed by atoms with Crippen molar-refractivity contribution in [3.05, 3.63) is 41.0 Å². The summed E-state index contributed by atoms with van der Waals surface area (Å²) in [6.07, 6.45) is 1.55. The SMILES string of the molecule is CC(C)NCc1csc(S(=O)(=O)NCc2cccnn2)c1. The van der Waals surface area contributed by atoms with Gasteiger partial charge in [0, 0.05) is 18.8 Å². The van der Waals surface area contributed by atoms with Crippen molar-refractivity contribution in [1.82, 2.24) is 20.2 Å². The van der Waals surface area contributed by atoms with Gasteiger partial charge in [0.2, 0.25) is 10.0 Å². The molecule has 0 atom stereocenters. The number of nitrogens with one attached hydrogen (secondary N) is 2. The molecule has 0 spiro atoms. The highest BCUT2D eigenvalue weighted by atomic mass is 32.2. The number of thiophene rings is 1. The van der Waals surface area contributed by atoms with Crippen LogP contribution in [0, 0.1) is 0 Å². The van der Waals surface area contributed by atoms with Gasteiger partial charge in [-0.25, -0.2) is 13.1 Å². The van der Waals surface area contributed by atoms with Crippen LogP contribution in [0.25, 0.3) is 0 Å². The molecule has 0 aromatic carbocycles. The lowest BCUT2D eigenvalue weighted by atomic mass is 10.3. The molecule has 0 aliphatic heterocycles. The van der Waals surface area contributed by atoms with Crippen molar-refractivity contribution in [2.24, 2.45) is 0 Å². The van der Waals surface area contributed by atoms with Crippen molar-refractivity contribution in [3.63, 3.8) is 0 Å². The molecule has 2 rings (SSSR count). The van der Waals surface area contributed by atoms with E-state index in [9.17, 15) is 8.42 Å². The normalized spacial score (nSPS) is 12.0. The molecule has 0 aliphatic carbocycles. The molecule has 0 saturated heterocycles. The van der Waals surface area contributed by atoms with E-state index in [1.165, 1.54) is 11.3 Å². The van der Waals surface area contributed by atoms with Crippen LogP contribution in [-0.4, -0.2) is 24.7 Å². The summed E-state index contributed by atoms with van der Waals surface area (Å²) in [6.45, 7) is 4.89. The zero-order valence-electron chi connectivity index (χ0n) is 11.9. The number of sulfonamides is 1. The predicted octanol–water partition coefficient (Wildman–Crippen LogP) is 1.51. The minimum absolute atomic E-state index is 0.133. The third-order valence-electron chi connectivity index (χ3n) is 2.68. The monoisotopic (exact) mass is 326 g/mol. The fourth-order valence-electron chi connectivity index (χ4n) is 1.58. The summed E-state index contributed by atoms with van der Waals surface area (Å²) >= 11 is 1.22. The first-order valence-electron chi connectivity index (χ1n) is 6.54. The van der Waals surface area contributed by atoms with Crippen molar-refractivity contribution >= 4 is 21.4 Å². The maximum Gasteiger partial charge on any atom is 0.250 e. The third-order valence-corrected chi connectivity index (χ3v) is 5.57. The molecule has 114 valence electrons. The van der Waals surface area contributed by atoms with Crippen molar-refractivity contribution in [1.29, 1.82) is 0 Å². The first-order chi connectivity index (χ1) is 9.97. The molecule has 0 bridgehead atoms. The summed E-state index contributed by atoms with van der Waals surface area (Å²) in [6, 6.07) is 5.50. The van der Waals surface area contributed by atoms with E-state index in [0.29, 0.717) is 22.5 Å². The fourth-order valence-corrected chi connectivity index (χ4v) is 3.83. The Morgan fingerprint density at radius 1 is 1.33 bits per heavy atom. The Morgan fingerprint density at radius 3 is 2.81 bits per heavy atom. The van der Waals surface area contributed by atoms with Crippen LogP contribution in [-0.2, 0) is 23.1 Å². The van der Waals surface area contributed by atoms with Crippen molar-refractivity contribution in [3.8, 4) is 0 Å². The summed E-state index contributed by atoms with van der Waals surface area (Å²) in [5, 5.41) is 12.7. The molecule has 21 heavy (non-hydrogen) atoms. The molecule has 0 unspecified atom stereocenters. The number of hydrogen-bond donors (Lipinski definition) is 2. The quantitative estimate of drug-likeness (QED) is 0.806. The van der Waals surface area contributed by atoms with E-state index in [1.54, 1.807) is 24.4 Å². The topological polar surface area (TPSA) is 84.0 Å². The van der Waals surface area contributed by atoms with E-state index < -0.39 is 10.0 Å². The van der Waals surface area contributed by atoms with E-state index in [-0.39, 0.29) is 6.54 Å². The smallest absolute Gasteiger partial charge is 0.250 e. The van der Waals surface area contributed by atoms with Crippen LogP contribution in [0.4, 0.5) is 0 Å². The maximum atomic E-state index is 12.2. The van der Waals surface area contributed by atoms with Gasteiger partial charge in [-0.15, -0.1) is 11.3 Å². The molecule has 6 nitrogen and oxygen atoms in total. The average Bonchev–Trinajstić information content (AvgIpc) is 2.94. The molecule has 0 saturated carbocycles. The highest BCUT2D eigenvalue weighted by molar-refractivity contribution is 7.91. The van der Waals surface area contributed by atoms with Crippen LogP contribution in [0.2, 0.25) is 0 Å².